The Bertz CT molecular complexity index is 632. The Morgan fingerprint density at radius 1 is 1.35 bits per heavy atom. The molecule has 7 heteroatoms. The van der Waals surface area contributed by atoms with Gasteiger partial charge in [0.1, 0.15) is 30.3 Å². The van der Waals surface area contributed by atoms with E-state index in [-0.39, 0.29) is 5.56 Å². The summed E-state index contributed by atoms with van der Waals surface area (Å²) in [7, 11) is 0. The molecule has 0 spiro atoms. The van der Waals surface area contributed by atoms with Crippen molar-refractivity contribution < 1.29 is 18.6 Å². The number of rotatable bonds is 7. The highest BCUT2D eigenvalue weighted by Gasteiger charge is 2.38. The quantitative estimate of drug-likeness (QED) is 0.850. The van der Waals surface area contributed by atoms with Crippen LogP contribution in [0.25, 0.3) is 0 Å². The van der Waals surface area contributed by atoms with Crippen LogP contribution in [0.4, 0.5) is 8.78 Å². The van der Waals surface area contributed by atoms with Crippen molar-refractivity contribution in [2.24, 2.45) is 5.41 Å². The molecule has 1 heterocycles. The second kappa shape index (κ2) is 7.14. The highest BCUT2D eigenvalue weighted by atomic mass is 19.1. The molecule has 1 aromatic heterocycles. The van der Waals surface area contributed by atoms with Gasteiger partial charge >= 0.3 is 0 Å². The van der Waals surface area contributed by atoms with E-state index in [4.69, 9.17) is 4.74 Å². The molecule has 0 amide bonds. The Morgan fingerprint density at radius 2 is 2.09 bits per heavy atom. The highest BCUT2D eigenvalue weighted by Crippen LogP contribution is 2.34. The molecule has 2 aromatic rings. The van der Waals surface area contributed by atoms with Crippen LogP contribution in [-0.4, -0.2) is 39.2 Å². The fourth-order valence-corrected chi connectivity index (χ4v) is 2.44. The molecular formula is C16H21F2N3O2. The predicted octanol–water partition coefficient (Wildman–Crippen LogP) is 2.57. The standard InChI is InChI=1S/C16H21F2N3O2/c1-4-23-8-16(2,3)15(22)14(21-10-19-9-20-21)12-6-5-11(17)7-13(12)18/h5-7,9-10,14-15,22H,4,8H2,1-3H3. The van der Waals surface area contributed by atoms with Crippen molar-refractivity contribution in [2.75, 3.05) is 13.2 Å². The maximum atomic E-state index is 14.2. The molecular weight excluding hydrogens is 304 g/mol. The van der Waals surface area contributed by atoms with Crippen LogP contribution >= 0.6 is 0 Å². The van der Waals surface area contributed by atoms with Gasteiger partial charge in [0.25, 0.3) is 0 Å². The van der Waals surface area contributed by atoms with E-state index in [1.54, 1.807) is 0 Å². The van der Waals surface area contributed by atoms with Crippen molar-refractivity contribution in [1.82, 2.24) is 14.8 Å². The van der Waals surface area contributed by atoms with E-state index in [0.717, 1.165) is 12.1 Å². The van der Waals surface area contributed by atoms with Gasteiger partial charge in [0.15, 0.2) is 0 Å². The highest BCUT2D eigenvalue weighted by molar-refractivity contribution is 5.24. The van der Waals surface area contributed by atoms with E-state index < -0.39 is 29.2 Å². The zero-order valence-corrected chi connectivity index (χ0v) is 13.4. The van der Waals surface area contributed by atoms with Crippen LogP contribution in [0.5, 0.6) is 0 Å². The molecule has 23 heavy (non-hydrogen) atoms. The molecule has 126 valence electrons. The largest absolute Gasteiger partial charge is 0.390 e. The molecule has 0 aliphatic heterocycles. The smallest absolute Gasteiger partial charge is 0.137 e. The molecule has 0 aliphatic carbocycles. The third-order valence-corrected chi connectivity index (χ3v) is 3.78. The number of aliphatic hydroxyl groups excluding tert-OH is 1. The third kappa shape index (κ3) is 3.92. The zero-order chi connectivity index (χ0) is 17.0. The monoisotopic (exact) mass is 325 g/mol. The van der Waals surface area contributed by atoms with Crippen molar-refractivity contribution in [3.05, 3.63) is 48.1 Å². The number of nitrogens with zero attached hydrogens (tertiary/aromatic N) is 3. The van der Waals surface area contributed by atoms with Crippen LogP contribution in [0.1, 0.15) is 32.4 Å². The molecule has 0 aliphatic rings. The number of aliphatic hydroxyl groups is 1. The third-order valence-electron chi connectivity index (χ3n) is 3.78. The summed E-state index contributed by atoms with van der Waals surface area (Å²) in [6.07, 6.45) is 1.68. The lowest BCUT2D eigenvalue weighted by Gasteiger charge is -2.35. The maximum absolute atomic E-state index is 14.2. The van der Waals surface area contributed by atoms with Gasteiger partial charge in [-0.25, -0.2) is 18.4 Å². The molecule has 2 unspecified atom stereocenters. The van der Waals surface area contributed by atoms with Gasteiger partial charge in [0.05, 0.1) is 12.7 Å². The number of halogens is 2. The van der Waals surface area contributed by atoms with Gasteiger partial charge in [-0.15, -0.1) is 0 Å². The summed E-state index contributed by atoms with van der Waals surface area (Å²) in [5, 5.41) is 14.9. The minimum absolute atomic E-state index is 0.147. The van der Waals surface area contributed by atoms with Gasteiger partial charge in [-0.3, -0.25) is 0 Å². The average molecular weight is 325 g/mol. The molecule has 0 bridgehead atoms. The average Bonchev–Trinajstić information content (AvgIpc) is 3.01. The number of benzene rings is 1. The first-order valence-corrected chi connectivity index (χ1v) is 7.41. The first kappa shape index (κ1) is 17.5. The zero-order valence-electron chi connectivity index (χ0n) is 13.4. The number of ether oxygens (including phenoxy) is 1. The normalized spacial score (nSPS) is 14.7. The maximum Gasteiger partial charge on any atom is 0.137 e. The fraction of sp³-hybridized carbons (Fsp3) is 0.500. The second-order valence-corrected chi connectivity index (χ2v) is 6.06. The van der Waals surface area contributed by atoms with Crippen LogP contribution in [0.3, 0.4) is 0 Å². The van der Waals surface area contributed by atoms with Gasteiger partial charge in [-0.1, -0.05) is 19.9 Å². The molecule has 1 aromatic carbocycles. The van der Waals surface area contributed by atoms with Crippen molar-refractivity contribution in [1.29, 1.82) is 0 Å². The lowest BCUT2D eigenvalue weighted by Crippen LogP contribution is -2.41. The van der Waals surface area contributed by atoms with Gasteiger partial charge < -0.3 is 9.84 Å². The van der Waals surface area contributed by atoms with Crippen molar-refractivity contribution in [3.63, 3.8) is 0 Å². The van der Waals surface area contributed by atoms with Gasteiger partial charge in [-0.05, 0) is 13.0 Å². The minimum Gasteiger partial charge on any atom is -0.390 e. The predicted molar refractivity (Wildman–Crippen MR) is 80.8 cm³/mol. The van der Waals surface area contributed by atoms with Crippen molar-refractivity contribution in [3.8, 4) is 0 Å². The Kier molecular flexibility index (Phi) is 5.43. The SMILES string of the molecule is CCOCC(C)(C)C(O)C(c1ccc(F)cc1F)n1cncn1. The van der Waals surface area contributed by atoms with Crippen LogP contribution in [0.15, 0.2) is 30.9 Å². The summed E-state index contributed by atoms with van der Waals surface area (Å²) in [4.78, 5) is 3.86. The number of hydrogen-bond acceptors (Lipinski definition) is 4. The van der Waals surface area contributed by atoms with Crippen LogP contribution < -0.4 is 0 Å². The molecule has 2 atom stereocenters. The summed E-state index contributed by atoms with van der Waals surface area (Å²) in [5.74, 6) is -1.41. The fourth-order valence-electron chi connectivity index (χ4n) is 2.44. The first-order chi connectivity index (χ1) is 10.9. The molecule has 0 saturated heterocycles. The number of hydrogen-bond donors (Lipinski definition) is 1. The van der Waals surface area contributed by atoms with E-state index in [2.05, 4.69) is 10.1 Å². The number of aromatic nitrogens is 3. The van der Waals surface area contributed by atoms with Crippen molar-refractivity contribution in [2.45, 2.75) is 32.9 Å². The molecule has 1 N–H and O–H groups in total. The van der Waals surface area contributed by atoms with E-state index >= 15 is 0 Å². The topological polar surface area (TPSA) is 60.2 Å². The van der Waals surface area contributed by atoms with Gasteiger partial charge in [-0.2, -0.15) is 5.10 Å². The lowest BCUT2D eigenvalue weighted by atomic mass is 9.81. The Balaban J connectivity index is 2.43. The molecule has 0 fully saturated rings. The summed E-state index contributed by atoms with van der Waals surface area (Å²) in [6.45, 7) is 6.29. The molecule has 0 radical (unpaired) electrons. The Morgan fingerprint density at radius 3 is 2.65 bits per heavy atom. The van der Waals surface area contributed by atoms with Crippen LogP contribution in [0.2, 0.25) is 0 Å². The summed E-state index contributed by atoms with van der Waals surface area (Å²) >= 11 is 0. The summed E-state index contributed by atoms with van der Waals surface area (Å²) in [5.41, 5.74) is -0.526. The molecule has 5 nitrogen and oxygen atoms in total. The molecule has 2 rings (SSSR count). The second-order valence-electron chi connectivity index (χ2n) is 6.06. The summed E-state index contributed by atoms with van der Waals surface area (Å²) in [6, 6.07) is 2.43. The Hall–Kier alpha value is -1.86. The Labute approximate surface area is 133 Å². The van der Waals surface area contributed by atoms with E-state index in [1.165, 1.54) is 23.4 Å². The van der Waals surface area contributed by atoms with Crippen molar-refractivity contribution >= 4 is 0 Å². The van der Waals surface area contributed by atoms with E-state index in [0.29, 0.717) is 13.2 Å². The van der Waals surface area contributed by atoms with E-state index in [9.17, 15) is 13.9 Å². The van der Waals surface area contributed by atoms with Gasteiger partial charge in [0, 0.05) is 23.7 Å². The summed E-state index contributed by atoms with van der Waals surface area (Å²) < 4.78 is 34.2. The van der Waals surface area contributed by atoms with Crippen LogP contribution in [-0.2, 0) is 4.74 Å². The molecule has 0 saturated carbocycles. The van der Waals surface area contributed by atoms with E-state index in [1.807, 2.05) is 20.8 Å². The van der Waals surface area contributed by atoms with Crippen LogP contribution in [0, 0.1) is 17.0 Å². The van der Waals surface area contributed by atoms with Gasteiger partial charge in [0.2, 0.25) is 0 Å². The first-order valence-electron chi connectivity index (χ1n) is 7.41. The lowest BCUT2D eigenvalue weighted by molar-refractivity contribution is -0.0407. The minimum atomic E-state index is -1.02.